The molecule has 0 atom stereocenters. The van der Waals surface area contributed by atoms with Crippen LogP contribution in [0.15, 0.2) is 78.1 Å². The molecule has 2 aromatic carbocycles. The lowest BCUT2D eigenvalue weighted by Crippen LogP contribution is -2.35. The first-order valence-corrected chi connectivity index (χ1v) is 12.9. The first kappa shape index (κ1) is 29.0. The second-order valence-corrected chi connectivity index (χ2v) is 9.68. The van der Waals surface area contributed by atoms with Crippen LogP contribution >= 0.6 is 0 Å². The van der Waals surface area contributed by atoms with E-state index in [1.807, 2.05) is 0 Å². The number of urea groups is 1. The predicted octanol–water partition coefficient (Wildman–Crippen LogP) is 4.86. The summed E-state index contributed by atoms with van der Waals surface area (Å²) in [6.45, 7) is 0. The van der Waals surface area contributed by atoms with Crippen LogP contribution in [0.2, 0.25) is 0 Å². The third kappa shape index (κ3) is 6.78. The molecule has 2 aromatic heterocycles. The summed E-state index contributed by atoms with van der Waals surface area (Å²) in [5.41, 5.74) is -0.225. The van der Waals surface area contributed by atoms with Crippen LogP contribution < -0.4 is 24.4 Å². The molecule has 0 spiro atoms. The van der Waals surface area contributed by atoms with Crippen molar-refractivity contribution in [3.05, 3.63) is 79.0 Å². The number of carbonyl (C=O) groups excluding carboxylic acids is 1. The molecule has 0 fully saturated rings. The summed E-state index contributed by atoms with van der Waals surface area (Å²) < 4.78 is 90.3. The highest BCUT2D eigenvalue weighted by molar-refractivity contribution is 7.92. The van der Waals surface area contributed by atoms with Gasteiger partial charge in [0.05, 0.1) is 12.8 Å². The molecule has 2 heterocycles. The molecule has 0 aliphatic rings. The number of aromatic nitrogens is 3. The third-order valence-electron chi connectivity index (χ3n) is 5.36. The van der Waals surface area contributed by atoms with Crippen LogP contribution in [0.3, 0.4) is 0 Å². The summed E-state index contributed by atoms with van der Waals surface area (Å²) >= 11 is 0. The quantitative estimate of drug-likeness (QED) is 0.277. The van der Waals surface area contributed by atoms with E-state index in [2.05, 4.69) is 29.7 Å². The topological polar surface area (TPSA) is 136 Å². The Bertz CT molecular complexity index is 1660. The molecular weight excluding hydrogens is 572 g/mol. The summed E-state index contributed by atoms with van der Waals surface area (Å²) in [5, 5.41) is 2.38. The zero-order valence-electron chi connectivity index (χ0n) is 21.2. The molecule has 214 valence electrons. The highest BCUT2D eigenvalue weighted by Crippen LogP contribution is 2.39. The summed E-state index contributed by atoms with van der Waals surface area (Å²) in [6, 6.07) is 9.89. The van der Waals surface area contributed by atoms with E-state index in [4.69, 9.17) is 4.74 Å². The first-order chi connectivity index (χ1) is 19.4. The molecule has 0 aliphatic heterocycles. The minimum atomic E-state index is -4.94. The minimum Gasteiger partial charge on any atom is -0.495 e. The van der Waals surface area contributed by atoms with E-state index < -0.39 is 34.0 Å². The summed E-state index contributed by atoms with van der Waals surface area (Å²) in [6.07, 6.45) is -1.28. The van der Waals surface area contributed by atoms with Crippen molar-refractivity contribution in [2.75, 3.05) is 23.8 Å². The van der Waals surface area contributed by atoms with Crippen LogP contribution in [0.5, 0.6) is 11.5 Å². The Morgan fingerprint density at radius 2 is 1.73 bits per heavy atom. The van der Waals surface area contributed by atoms with Gasteiger partial charge in [0, 0.05) is 37.3 Å². The fourth-order valence-electron chi connectivity index (χ4n) is 3.61. The SMILES string of the molecule is CNC(=O)N(c1ccc(S(=O)(=O)Nc2ncccn2)cn1)c1cc(F)c(-c2cccc(OC(F)(F)F)c2)cc1OC. The number of alkyl halides is 3. The molecule has 0 saturated heterocycles. The number of amides is 2. The number of halogens is 4. The second-order valence-electron chi connectivity index (χ2n) is 8.00. The number of pyridine rings is 1. The number of nitrogens with one attached hydrogen (secondary N) is 2. The normalized spacial score (nSPS) is 11.5. The smallest absolute Gasteiger partial charge is 0.495 e. The van der Waals surface area contributed by atoms with Gasteiger partial charge in [-0.3, -0.25) is 0 Å². The molecule has 0 radical (unpaired) electrons. The molecule has 16 heteroatoms. The van der Waals surface area contributed by atoms with Gasteiger partial charge in [0.25, 0.3) is 10.0 Å². The average Bonchev–Trinajstić information content (AvgIpc) is 2.93. The largest absolute Gasteiger partial charge is 0.573 e. The fraction of sp³-hybridized carbons (Fsp3) is 0.120. The highest BCUT2D eigenvalue weighted by Gasteiger charge is 2.31. The van der Waals surface area contributed by atoms with Crippen LogP contribution in [-0.4, -0.2) is 49.9 Å². The van der Waals surface area contributed by atoms with Crippen LogP contribution in [0.4, 0.5) is 39.8 Å². The Morgan fingerprint density at radius 3 is 2.34 bits per heavy atom. The van der Waals surface area contributed by atoms with Gasteiger partial charge in [-0.2, -0.15) is 0 Å². The molecule has 2 amide bonds. The van der Waals surface area contributed by atoms with Crippen molar-refractivity contribution in [3.63, 3.8) is 0 Å². The molecule has 0 aliphatic carbocycles. The Balaban J connectivity index is 1.71. The number of hydrogen-bond acceptors (Lipinski definition) is 8. The zero-order chi connectivity index (χ0) is 29.8. The zero-order valence-corrected chi connectivity index (χ0v) is 22.0. The van der Waals surface area contributed by atoms with Gasteiger partial charge in [-0.15, -0.1) is 13.2 Å². The van der Waals surface area contributed by atoms with Gasteiger partial charge in [0.2, 0.25) is 5.95 Å². The fourth-order valence-corrected chi connectivity index (χ4v) is 4.51. The third-order valence-corrected chi connectivity index (χ3v) is 6.67. The van der Waals surface area contributed by atoms with E-state index in [9.17, 15) is 26.4 Å². The number of rotatable bonds is 8. The number of benzene rings is 2. The first-order valence-electron chi connectivity index (χ1n) is 11.4. The van der Waals surface area contributed by atoms with E-state index in [1.54, 1.807) is 0 Å². The molecule has 11 nitrogen and oxygen atoms in total. The molecule has 4 rings (SSSR count). The van der Waals surface area contributed by atoms with Crippen molar-refractivity contribution in [3.8, 4) is 22.6 Å². The van der Waals surface area contributed by atoms with Gasteiger partial charge >= 0.3 is 12.4 Å². The van der Waals surface area contributed by atoms with Gasteiger partial charge in [0.15, 0.2) is 0 Å². The van der Waals surface area contributed by atoms with E-state index in [1.165, 1.54) is 56.9 Å². The van der Waals surface area contributed by atoms with Crippen molar-refractivity contribution < 1.29 is 40.2 Å². The monoisotopic (exact) mass is 592 g/mol. The number of ether oxygens (including phenoxy) is 2. The highest BCUT2D eigenvalue weighted by atomic mass is 32.2. The summed E-state index contributed by atoms with van der Waals surface area (Å²) in [7, 11) is -1.59. The number of anilines is 3. The molecular formula is C25H20F4N6O5S. The molecule has 2 N–H and O–H groups in total. The van der Waals surface area contributed by atoms with Crippen LogP contribution in [0.25, 0.3) is 11.1 Å². The van der Waals surface area contributed by atoms with Crippen LogP contribution in [-0.2, 0) is 10.0 Å². The van der Waals surface area contributed by atoms with Crippen LogP contribution in [0.1, 0.15) is 0 Å². The maximum atomic E-state index is 15.4. The average molecular weight is 593 g/mol. The van der Waals surface area contributed by atoms with Gasteiger partial charge in [-0.25, -0.2) is 42.2 Å². The van der Waals surface area contributed by atoms with Crippen LogP contribution in [0, 0.1) is 5.82 Å². The van der Waals surface area contributed by atoms with Crippen molar-refractivity contribution in [1.82, 2.24) is 20.3 Å². The van der Waals surface area contributed by atoms with Crippen molar-refractivity contribution in [1.29, 1.82) is 0 Å². The lowest BCUT2D eigenvalue weighted by Gasteiger charge is -2.24. The summed E-state index contributed by atoms with van der Waals surface area (Å²) in [5.74, 6) is -1.79. The van der Waals surface area contributed by atoms with Crippen molar-refractivity contribution >= 4 is 33.5 Å². The Labute approximate surface area is 230 Å². The molecule has 41 heavy (non-hydrogen) atoms. The van der Waals surface area contributed by atoms with Gasteiger partial charge in [0.1, 0.15) is 28.0 Å². The van der Waals surface area contributed by atoms with Crippen molar-refractivity contribution in [2.45, 2.75) is 11.3 Å². The lowest BCUT2D eigenvalue weighted by molar-refractivity contribution is -0.274. The van der Waals surface area contributed by atoms with E-state index in [0.717, 1.165) is 35.4 Å². The van der Waals surface area contributed by atoms with E-state index in [-0.39, 0.29) is 39.2 Å². The van der Waals surface area contributed by atoms with Gasteiger partial charge in [-0.05, 0) is 42.0 Å². The lowest BCUT2D eigenvalue weighted by atomic mass is 10.0. The predicted molar refractivity (Wildman–Crippen MR) is 139 cm³/mol. The number of carbonyl (C=O) groups is 1. The maximum Gasteiger partial charge on any atom is 0.573 e. The number of sulfonamides is 1. The second kappa shape index (κ2) is 11.6. The maximum absolute atomic E-state index is 15.4. The standard InChI is InChI=1S/C25H20F4N6O5S/c1-30-24(36)35(22-8-7-17(14-33-22)41(37,38)34-23-31-9-4-10-32-23)20-13-19(26)18(12-21(20)39-2)15-5-3-6-16(11-15)40-25(27,28)29/h3-14H,1-2H3,(H,30,36)(H,31,32,34). The van der Waals surface area contributed by atoms with Crippen molar-refractivity contribution in [2.24, 2.45) is 0 Å². The minimum absolute atomic E-state index is 0.0446. The summed E-state index contributed by atoms with van der Waals surface area (Å²) in [4.78, 5) is 25.2. The van der Waals surface area contributed by atoms with E-state index in [0.29, 0.717) is 0 Å². The van der Waals surface area contributed by atoms with Gasteiger partial charge < -0.3 is 14.8 Å². The van der Waals surface area contributed by atoms with Gasteiger partial charge in [-0.1, -0.05) is 12.1 Å². The Hall–Kier alpha value is -4.99. The number of hydrogen-bond donors (Lipinski definition) is 2. The Kier molecular flexibility index (Phi) is 8.23. The molecule has 0 bridgehead atoms. The molecule has 0 unspecified atom stereocenters. The van der Waals surface area contributed by atoms with E-state index >= 15 is 4.39 Å². The number of methoxy groups -OCH3 is 1. The molecule has 0 saturated carbocycles. The number of nitrogens with zero attached hydrogens (tertiary/aromatic N) is 4. The molecule has 4 aromatic rings. The Morgan fingerprint density at radius 1 is 1.00 bits per heavy atom.